The molecule has 58 heavy (non-hydrogen) atoms. The lowest BCUT2D eigenvalue weighted by Gasteiger charge is -2.33. The van der Waals surface area contributed by atoms with Gasteiger partial charge in [-0.15, -0.1) is 22.7 Å². The number of nitrogens with zero attached hydrogens (tertiary/aromatic N) is 5. The molecule has 0 atom stereocenters. The van der Waals surface area contributed by atoms with Crippen LogP contribution in [0.1, 0.15) is 82.9 Å². The van der Waals surface area contributed by atoms with Gasteiger partial charge in [0.25, 0.3) is 0 Å². The van der Waals surface area contributed by atoms with Crippen molar-refractivity contribution < 1.29 is 0 Å². The lowest BCUT2D eigenvalue weighted by molar-refractivity contribution is 0.354. The van der Waals surface area contributed by atoms with E-state index >= 15 is 0 Å². The van der Waals surface area contributed by atoms with E-state index in [1.54, 1.807) is 22.7 Å². The Labute approximate surface area is 355 Å². The second-order valence-electron chi connectivity index (χ2n) is 16.8. The van der Waals surface area contributed by atoms with Crippen LogP contribution in [-0.2, 0) is 0 Å². The molecule has 288 valence electrons. The summed E-state index contributed by atoms with van der Waals surface area (Å²) in [6.07, 6.45) is 18.1. The average molecular weight is 812 g/mol. The Kier molecular flexibility index (Phi) is 12.0. The number of fused-ring (bicyclic) bond motifs is 2. The molecule has 0 unspecified atom stereocenters. The van der Waals surface area contributed by atoms with E-state index in [4.69, 9.17) is 0 Å². The van der Waals surface area contributed by atoms with Crippen LogP contribution in [0.2, 0.25) is 0 Å². The second kappa shape index (κ2) is 17.1. The topological polar surface area (TPSA) is 98.4 Å². The predicted molar refractivity (Wildman–Crippen MR) is 242 cm³/mol. The van der Waals surface area contributed by atoms with Gasteiger partial charge in [-0.3, -0.25) is 0 Å². The number of hydrogen-bond acceptors (Lipinski definition) is 8. The third-order valence-corrected chi connectivity index (χ3v) is 14.0. The van der Waals surface area contributed by atoms with E-state index in [2.05, 4.69) is 149 Å². The molecular formula is C50H45N5S3. The van der Waals surface area contributed by atoms with Crippen LogP contribution in [0.25, 0.3) is 33.0 Å². The highest BCUT2D eigenvalue weighted by Gasteiger charge is 2.28. The smallest absolute Gasteiger partial charge is 0.132 e. The number of thiophene rings is 2. The second-order valence-corrected chi connectivity index (χ2v) is 20.1. The molecule has 0 amide bonds. The predicted octanol–water partition coefficient (Wildman–Crippen LogP) is 14.8. The van der Waals surface area contributed by atoms with Gasteiger partial charge in [0, 0.05) is 35.8 Å². The first kappa shape index (κ1) is 40.6. The van der Waals surface area contributed by atoms with E-state index in [9.17, 15) is 21.0 Å². The van der Waals surface area contributed by atoms with Crippen molar-refractivity contribution in [2.45, 2.75) is 82.9 Å². The Hall–Kier alpha value is -5.61. The van der Waals surface area contributed by atoms with Gasteiger partial charge in [0.15, 0.2) is 0 Å². The van der Waals surface area contributed by atoms with Crippen LogP contribution < -0.4 is 4.90 Å². The summed E-state index contributed by atoms with van der Waals surface area (Å²) in [5.41, 5.74) is 9.21. The van der Waals surface area contributed by atoms with Gasteiger partial charge in [0.1, 0.15) is 35.4 Å². The van der Waals surface area contributed by atoms with E-state index in [1.165, 1.54) is 42.0 Å². The summed E-state index contributed by atoms with van der Waals surface area (Å²) in [6.45, 7) is 12.0. The summed E-state index contributed by atoms with van der Waals surface area (Å²) < 4.78 is 0. The van der Waals surface area contributed by atoms with E-state index in [0.29, 0.717) is 0 Å². The minimum absolute atomic E-state index is 0.0164. The summed E-state index contributed by atoms with van der Waals surface area (Å²) >= 11 is 5.39. The highest BCUT2D eigenvalue weighted by molar-refractivity contribution is 7.99. The summed E-state index contributed by atoms with van der Waals surface area (Å²) in [7, 11) is 0. The lowest BCUT2D eigenvalue weighted by Crippen LogP contribution is -2.21. The van der Waals surface area contributed by atoms with Gasteiger partial charge in [-0.25, -0.2) is 0 Å². The average Bonchev–Trinajstić information content (AvgIpc) is 3.88. The van der Waals surface area contributed by atoms with Crippen LogP contribution >= 0.6 is 34.4 Å². The van der Waals surface area contributed by atoms with Crippen LogP contribution in [0.5, 0.6) is 0 Å². The minimum atomic E-state index is -0.0164. The third kappa shape index (κ3) is 9.07. The van der Waals surface area contributed by atoms with Crippen molar-refractivity contribution in [1.29, 1.82) is 21.0 Å². The molecule has 3 heterocycles. The summed E-state index contributed by atoms with van der Waals surface area (Å²) in [5, 5.41) is 37.9. The van der Waals surface area contributed by atoms with E-state index in [1.807, 2.05) is 23.9 Å². The van der Waals surface area contributed by atoms with Crippen molar-refractivity contribution in [1.82, 2.24) is 0 Å². The van der Waals surface area contributed by atoms with Crippen molar-refractivity contribution >= 4 is 58.0 Å². The fourth-order valence-corrected chi connectivity index (χ4v) is 11.1. The third-order valence-electron chi connectivity index (χ3n) is 10.7. The Morgan fingerprint density at radius 2 is 1.07 bits per heavy atom. The maximum absolute atomic E-state index is 9.48. The number of allylic oxidation sites excluding steroid dienone is 10. The molecule has 8 heteroatoms. The number of hydrogen-bond donors (Lipinski definition) is 0. The Bertz CT molecular complexity index is 2430. The number of nitriles is 4. The van der Waals surface area contributed by atoms with Gasteiger partial charge in [-0.05, 0) is 137 Å². The molecule has 4 aromatic rings. The van der Waals surface area contributed by atoms with Crippen LogP contribution in [0.4, 0.5) is 11.4 Å². The van der Waals surface area contributed by atoms with Crippen LogP contribution in [-0.4, -0.2) is 6.54 Å². The van der Waals surface area contributed by atoms with Gasteiger partial charge >= 0.3 is 0 Å². The molecule has 3 aliphatic rings. The normalized spacial score (nSPS) is 16.7. The molecule has 0 spiro atoms. The van der Waals surface area contributed by atoms with E-state index in [-0.39, 0.29) is 22.0 Å². The van der Waals surface area contributed by atoms with Crippen LogP contribution in [0.3, 0.4) is 0 Å². The van der Waals surface area contributed by atoms with Crippen molar-refractivity contribution in [3.63, 3.8) is 0 Å². The van der Waals surface area contributed by atoms with Crippen molar-refractivity contribution in [3.05, 3.63) is 128 Å². The first-order valence-electron chi connectivity index (χ1n) is 19.7. The van der Waals surface area contributed by atoms with Gasteiger partial charge in [0.2, 0.25) is 0 Å². The van der Waals surface area contributed by atoms with Gasteiger partial charge in [-0.1, -0.05) is 89.2 Å². The first-order chi connectivity index (χ1) is 27.9. The zero-order chi connectivity index (χ0) is 41.0. The molecular weight excluding hydrogens is 767 g/mol. The molecule has 0 fully saturated rings. The first-order valence-corrected chi connectivity index (χ1v) is 22.1. The molecule has 2 aliphatic carbocycles. The molecule has 2 aromatic heterocycles. The van der Waals surface area contributed by atoms with Gasteiger partial charge < -0.3 is 4.90 Å². The summed E-state index contributed by atoms with van der Waals surface area (Å²) in [4.78, 5) is 9.75. The maximum atomic E-state index is 9.48. The van der Waals surface area contributed by atoms with Gasteiger partial charge in [-0.2, -0.15) is 21.0 Å². The standard InChI is InChI=1S/C50H45N5S3/c1-6-7-20-55-43-16-10-35(45-18-14-41(56-45)12-8-33-21-37(39(29-51)30-52)27-49(2,3)25-33)23-47(43)58-48-24-36(11-17-44(48)55)46-19-15-42(57-46)13-9-34-22-38(40(31-53)32-54)28-50(4,5)26-34/h8-19,21-24H,6-7,20,25-28H2,1-5H3/b12-8+,13-9+. The summed E-state index contributed by atoms with van der Waals surface area (Å²) in [5.74, 6) is 0. The highest BCUT2D eigenvalue weighted by atomic mass is 32.2. The monoisotopic (exact) mass is 811 g/mol. The fraction of sp³-hybridized carbons (Fsp3) is 0.280. The fourth-order valence-electron chi connectivity index (χ4n) is 8.11. The molecule has 0 N–H and O–H groups in total. The van der Waals surface area contributed by atoms with Crippen LogP contribution in [0.15, 0.2) is 128 Å². The Balaban J connectivity index is 1.12. The zero-order valence-electron chi connectivity index (χ0n) is 33.6. The highest BCUT2D eigenvalue weighted by Crippen LogP contribution is 2.51. The molecule has 1 aliphatic heterocycles. The Morgan fingerprint density at radius 1 is 0.621 bits per heavy atom. The molecule has 7 rings (SSSR count). The molecule has 0 bridgehead atoms. The lowest BCUT2D eigenvalue weighted by atomic mass is 9.74. The molecule has 2 aromatic carbocycles. The minimum Gasteiger partial charge on any atom is -0.340 e. The number of anilines is 2. The molecule has 0 saturated heterocycles. The number of unbranched alkanes of at least 4 members (excludes halogenated alkanes) is 1. The zero-order valence-corrected chi connectivity index (χ0v) is 36.1. The summed E-state index contributed by atoms with van der Waals surface area (Å²) in [6, 6.07) is 30.8. The molecule has 0 saturated carbocycles. The van der Waals surface area contributed by atoms with Crippen molar-refractivity contribution in [2.75, 3.05) is 11.4 Å². The molecule has 0 radical (unpaired) electrons. The largest absolute Gasteiger partial charge is 0.340 e. The Morgan fingerprint density at radius 3 is 1.48 bits per heavy atom. The van der Waals surface area contributed by atoms with Crippen LogP contribution in [0, 0.1) is 56.2 Å². The molecule has 5 nitrogen and oxygen atoms in total. The SMILES string of the molecule is CCCCN1c2ccc(-c3ccc(/C=C/C4=CC(=C(C#N)C#N)CC(C)(C)C4)s3)cc2Sc2cc(-c3ccc(/C=C/C4=CC(=C(C#N)C#N)CC(C)(C)C4)s3)ccc21. The van der Waals surface area contributed by atoms with Crippen molar-refractivity contribution in [2.24, 2.45) is 10.8 Å². The van der Waals surface area contributed by atoms with Crippen molar-refractivity contribution in [3.8, 4) is 45.2 Å². The number of benzene rings is 2. The van der Waals surface area contributed by atoms with E-state index < -0.39 is 0 Å². The maximum Gasteiger partial charge on any atom is 0.132 e. The number of rotatable bonds is 9. The quantitative estimate of drug-likeness (QED) is 0.156. The van der Waals surface area contributed by atoms with Gasteiger partial charge in [0.05, 0.1) is 11.4 Å². The van der Waals surface area contributed by atoms with E-state index in [0.717, 1.165) is 77.1 Å².